The molecule has 0 aliphatic carbocycles. The van der Waals surface area contributed by atoms with Gasteiger partial charge in [-0.25, -0.2) is 4.98 Å². The summed E-state index contributed by atoms with van der Waals surface area (Å²) in [5.74, 6) is 2.91. The Kier molecular flexibility index (Phi) is 5.26. The molecule has 1 aliphatic rings. The van der Waals surface area contributed by atoms with E-state index in [0.29, 0.717) is 24.9 Å². The van der Waals surface area contributed by atoms with Crippen LogP contribution in [0.1, 0.15) is 73.3 Å². The van der Waals surface area contributed by atoms with Gasteiger partial charge in [-0.2, -0.15) is 0 Å². The second kappa shape index (κ2) is 7.42. The fourth-order valence-electron chi connectivity index (χ4n) is 3.16. The molecule has 2 heterocycles. The zero-order chi connectivity index (χ0) is 18.0. The number of aryl methyl sites for hydroxylation is 1. The van der Waals surface area contributed by atoms with Gasteiger partial charge in [0.25, 0.3) is 5.91 Å². The van der Waals surface area contributed by atoms with Crippen molar-refractivity contribution in [3.05, 3.63) is 52.7 Å². The Labute approximate surface area is 150 Å². The third-order valence-corrected chi connectivity index (χ3v) is 4.79. The highest BCUT2D eigenvalue weighted by molar-refractivity contribution is 5.94. The maximum absolute atomic E-state index is 12.9. The average molecular weight is 340 g/mol. The number of amides is 1. The number of nitrogens with zero attached hydrogens (tertiary/aromatic N) is 2. The van der Waals surface area contributed by atoms with Crippen LogP contribution in [-0.2, 0) is 19.4 Å². The Morgan fingerprint density at radius 3 is 2.80 bits per heavy atom. The molecule has 4 heteroatoms. The number of oxazole rings is 1. The van der Waals surface area contributed by atoms with Gasteiger partial charge < -0.3 is 9.32 Å². The molecule has 134 valence electrons. The molecule has 0 radical (unpaired) electrons. The molecule has 1 aromatic carbocycles. The molecule has 4 nitrogen and oxygen atoms in total. The lowest BCUT2D eigenvalue weighted by molar-refractivity contribution is 0.0727. The average Bonchev–Trinajstić information content (AvgIpc) is 3.01. The van der Waals surface area contributed by atoms with E-state index >= 15 is 0 Å². The molecule has 0 fully saturated rings. The van der Waals surface area contributed by atoms with E-state index in [2.05, 4.69) is 38.7 Å². The summed E-state index contributed by atoms with van der Waals surface area (Å²) in [6.07, 6.45) is 2.69. The number of rotatable bonds is 5. The quantitative estimate of drug-likeness (QED) is 0.800. The zero-order valence-corrected chi connectivity index (χ0v) is 15.7. The molecule has 0 atom stereocenters. The summed E-state index contributed by atoms with van der Waals surface area (Å²) in [6, 6.07) is 7.96. The Balaban J connectivity index is 1.71. The van der Waals surface area contributed by atoms with Crippen molar-refractivity contribution in [2.75, 3.05) is 6.54 Å². The lowest BCUT2D eigenvalue weighted by Crippen LogP contribution is -2.35. The summed E-state index contributed by atoms with van der Waals surface area (Å²) in [4.78, 5) is 19.4. The van der Waals surface area contributed by atoms with Gasteiger partial charge in [0.05, 0.1) is 6.54 Å². The maximum atomic E-state index is 12.9. The van der Waals surface area contributed by atoms with Gasteiger partial charge in [0.2, 0.25) is 0 Å². The van der Waals surface area contributed by atoms with Crippen LogP contribution in [0.5, 0.6) is 0 Å². The molecule has 0 saturated heterocycles. The number of benzene rings is 1. The number of fused-ring (bicyclic) bond motifs is 1. The van der Waals surface area contributed by atoms with Crippen LogP contribution >= 0.6 is 0 Å². The number of aromatic nitrogens is 1. The van der Waals surface area contributed by atoms with E-state index < -0.39 is 0 Å². The minimum absolute atomic E-state index is 0.0832. The van der Waals surface area contributed by atoms with E-state index in [4.69, 9.17) is 4.42 Å². The Bertz CT molecular complexity index is 746. The van der Waals surface area contributed by atoms with Crippen LogP contribution in [0.25, 0.3) is 0 Å². The first kappa shape index (κ1) is 17.7. The van der Waals surface area contributed by atoms with Crippen LogP contribution in [0.4, 0.5) is 0 Å². The van der Waals surface area contributed by atoms with E-state index in [-0.39, 0.29) is 5.91 Å². The van der Waals surface area contributed by atoms with E-state index in [1.54, 1.807) is 0 Å². The molecular weight excluding hydrogens is 312 g/mol. The van der Waals surface area contributed by atoms with Gasteiger partial charge in [-0.15, -0.1) is 0 Å². The van der Waals surface area contributed by atoms with Gasteiger partial charge in [-0.3, -0.25) is 4.79 Å². The zero-order valence-electron chi connectivity index (χ0n) is 15.7. The van der Waals surface area contributed by atoms with E-state index in [9.17, 15) is 4.79 Å². The summed E-state index contributed by atoms with van der Waals surface area (Å²) in [6.45, 7) is 9.93. The van der Waals surface area contributed by atoms with Crippen molar-refractivity contribution in [2.24, 2.45) is 5.92 Å². The maximum Gasteiger partial charge on any atom is 0.254 e. The summed E-state index contributed by atoms with van der Waals surface area (Å²) in [7, 11) is 0. The van der Waals surface area contributed by atoms with E-state index in [0.717, 1.165) is 42.2 Å². The summed E-state index contributed by atoms with van der Waals surface area (Å²) < 4.78 is 5.89. The van der Waals surface area contributed by atoms with Crippen LogP contribution in [0.3, 0.4) is 0 Å². The monoisotopic (exact) mass is 340 g/mol. The number of carbonyl (C=O) groups excluding carboxylic acids is 1. The van der Waals surface area contributed by atoms with Crippen molar-refractivity contribution >= 4 is 5.91 Å². The second-order valence-corrected chi connectivity index (χ2v) is 7.67. The SMILES string of the molecule is CC(C)CCc1nc2c(o1)CCN(C(=O)c1cccc(C(C)C)c1)C2. The van der Waals surface area contributed by atoms with Crippen LogP contribution in [-0.4, -0.2) is 22.3 Å². The van der Waals surface area contributed by atoms with Crippen LogP contribution in [0.2, 0.25) is 0 Å². The van der Waals surface area contributed by atoms with Gasteiger partial charge in [0, 0.05) is 24.9 Å². The first-order valence-corrected chi connectivity index (χ1v) is 9.30. The molecule has 2 aromatic rings. The lowest BCUT2D eigenvalue weighted by atomic mass is 10.00. The molecule has 0 saturated carbocycles. The molecule has 25 heavy (non-hydrogen) atoms. The molecule has 1 aromatic heterocycles. The van der Waals surface area contributed by atoms with Crippen LogP contribution < -0.4 is 0 Å². The van der Waals surface area contributed by atoms with Crippen molar-refractivity contribution in [1.29, 1.82) is 0 Å². The molecule has 1 aliphatic heterocycles. The largest absolute Gasteiger partial charge is 0.445 e. The smallest absolute Gasteiger partial charge is 0.254 e. The Hall–Kier alpha value is -2.10. The van der Waals surface area contributed by atoms with Crippen LogP contribution in [0.15, 0.2) is 28.7 Å². The topological polar surface area (TPSA) is 46.3 Å². The fourth-order valence-corrected chi connectivity index (χ4v) is 3.16. The second-order valence-electron chi connectivity index (χ2n) is 7.67. The summed E-state index contributed by atoms with van der Waals surface area (Å²) in [5, 5.41) is 0. The van der Waals surface area contributed by atoms with Crippen molar-refractivity contribution in [1.82, 2.24) is 9.88 Å². The first-order valence-electron chi connectivity index (χ1n) is 9.30. The highest BCUT2D eigenvalue weighted by Crippen LogP contribution is 2.23. The summed E-state index contributed by atoms with van der Waals surface area (Å²) >= 11 is 0. The van der Waals surface area contributed by atoms with Crippen molar-refractivity contribution < 1.29 is 9.21 Å². The molecule has 0 N–H and O–H groups in total. The van der Waals surface area contributed by atoms with Crippen molar-refractivity contribution in [3.63, 3.8) is 0 Å². The third kappa shape index (κ3) is 4.12. The van der Waals surface area contributed by atoms with Crippen LogP contribution in [0, 0.1) is 5.92 Å². The predicted octanol–water partition coefficient (Wildman–Crippen LogP) is 4.59. The normalized spacial score (nSPS) is 14.2. The fraction of sp³-hybridized carbons (Fsp3) is 0.524. The molecule has 0 spiro atoms. The van der Waals surface area contributed by atoms with Gasteiger partial charge in [0.15, 0.2) is 5.89 Å². The molecular formula is C21H28N2O2. The van der Waals surface area contributed by atoms with E-state index in [1.165, 1.54) is 5.56 Å². The molecule has 1 amide bonds. The molecule has 0 unspecified atom stereocenters. The Morgan fingerprint density at radius 1 is 1.28 bits per heavy atom. The number of carbonyl (C=O) groups is 1. The van der Waals surface area contributed by atoms with Gasteiger partial charge in [-0.1, -0.05) is 39.8 Å². The van der Waals surface area contributed by atoms with Gasteiger partial charge in [-0.05, 0) is 36.0 Å². The number of hydrogen-bond donors (Lipinski definition) is 0. The third-order valence-electron chi connectivity index (χ3n) is 4.79. The van der Waals surface area contributed by atoms with Crippen molar-refractivity contribution in [3.8, 4) is 0 Å². The highest BCUT2D eigenvalue weighted by atomic mass is 16.4. The van der Waals surface area contributed by atoms with E-state index in [1.807, 2.05) is 23.1 Å². The Morgan fingerprint density at radius 2 is 2.08 bits per heavy atom. The summed E-state index contributed by atoms with van der Waals surface area (Å²) in [5.41, 5.74) is 2.89. The molecule has 0 bridgehead atoms. The van der Waals surface area contributed by atoms with Gasteiger partial charge >= 0.3 is 0 Å². The first-order chi connectivity index (χ1) is 11.9. The minimum Gasteiger partial charge on any atom is -0.445 e. The highest BCUT2D eigenvalue weighted by Gasteiger charge is 2.26. The minimum atomic E-state index is 0.0832. The van der Waals surface area contributed by atoms with Crippen molar-refractivity contribution in [2.45, 2.75) is 59.4 Å². The lowest BCUT2D eigenvalue weighted by Gasteiger charge is -2.25. The number of hydrogen-bond acceptors (Lipinski definition) is 3. The predicted molar refractivity (Wildman–Crippen MR) is 98.6 cm³/mol. The van der Waals surface area contributed by atoms with Gasteiger partial charge in [0.1, 0.15) is 11.5 Å². The standard InChI is InChI=1S/C21H28N2O2/c1-14(2)8-9-20-22-18-13-23(11-10-19(18)25-20)21(24)17-7-5-6-16(12-17)15(3)4/h5-7,12,14-15H,8-11,13H2,1-4H3. The molecule has 3 rings (SSSR count).